The van der Waals surface area contributed by atoms with Gasteiger partial charge in [-0.15, -0.1) is 0 Å². The number of amides is 2. The van der Waals surface area contributed by atoms with Crippen molar-refractivity contribution in [1.29, 1.82) is 0 Å². The molecule has 27 heteroatoms. The monoisotopic (exact) mass is 1260 g/mol. The number of aliphatic hydroxyl groups is 12. The number of carbonyl (C=O) groups is 3. The van der Waals surface area contributed by atoms with Crippen LogP contribution in [-0.4, -0.2) is 259 Å². The molecule has 7 fully saturated rings. The number of hydrogen-bond acceptors (Lipinski definition) is 25. The highest BCUT2D eigenvalue weighted by atomic mass is 16.8. The smallest absolute Gasteiger partial charge is 0.217 e. The maximum absolute atomic E-state index is 13.0. The molecule has 0 aromatic heterocycles. The van der Waals surface area contributed by atoms with Crippen molar-refractivity contribution >= 4 is 17.6 Å². The van der Waals surface area contributed by atoms with Gasteiger partial charge in [0, 0.05) is 20.3 Å². The number of ether oxygens (including phenoxy) is 10. The standard InChI is InChI=1S/C61H98N2O25/c1-25(2)18-29(68)19-26(3)31-11-12-32-30-10-13-39-59(6,7)40(15-17-61(39,9)33(30)14-16-60(31,32)8)86-58-53(47(74)38(24-81-58)85-54-41(62-27(4)66)48(75)44(71)35(20-64)82-54)87-55-42(63-28(5)67)49(76)46(73)37(84-55)23-80-57-52(43(70)34(69)22-79-57)88-56-51(78)50(77)45(72)36(21-65)83-56/h18,26,31-32,34-58,64-65,69-78H,10-17,19-24H2,1-9H3,(H,62,66)(H,63,67)/t26-,31-,32?,34-,35-,36-,37-,38-,39?,40+,41-,42-,43+,44+,45-,46-,47+,48-,49-,50+,51-,52-,53-,54+,55+,56+,57+,58+,60-,61-/m1/s1. The summed E-state index contributed by atoms with van der Waals surface area (Å²) >= 11 is 0. The highest BCUT2D eigenvalue weighted by molar-refractivity contribution is 5.90. The fourth-order valence-corrected chi connectivity index (χ4v) is 16.7. The van der Waals surface area contributed by atoms with E-state index in [-0.39, 0.29) is 28.4 Å². The van der Waals surface area contributed by atoms with Gasteiger partial charge in [0.2, 0.25) is 11.8 Å². The van der Waals surface area contributed by atoms with Crippen LogP contribution in [0.3, 0.4) is 0 Å². The van der Waals surface area contributed by atoms with Gasteiger partial charge in [0.05, 0.1) is 39.1 Å². The average molecular weight is 1260 g/mol. The molecule has 88 heavy (non-hydrogen) atoms. The lowest BCUT2D eigenvalue weighted by Crippen LogP contribution is -2.68. The molecule has 14 N–H and O–H groups in total. The van der Waals surface area contributed by atoms with Crippen LogP contribution < -0.4 is 10.6 Å². The molecule has 4 aliphatic carbocycles. The molecule has 0 bridgehead atoms. The molecule has 0 aromatic rings. The minimum absolute atomic E-state index is 0.0754. The van der Waals surface area contributed by atoms with Crippen LogP contribution in [0.25, 0.3) is 0 Å². The quantitative estimate of drug-likeness (QED) is 0.0489. The summed E-state index contributed by atoms with van der Waals surface area (Å²) in [5.74, 6) is 0.0789. The molecule has 2 amide bonds. The Morgan fingerprint density at radius 2 is 1.17 bits per heavy atom. The summed E-state index contributed by atoms with van der Waals surface area (Å²) in [5, 5.41) is 136. The van der Waals surface area contributed by atoms with E-state index in [1.807, 2.05) is 13.8 Å². The number of rotatable bonds is 19. The SMILES string of the molecule is CC(=O)N[C@H]1[C@H](O[C@@H]2CO[C@@H](O[C@H]3CC[C@]4(C)C5=C(CCC4C3(C)C)C3CC[C@H]([C@H](C)CC(=O)C=C(C)C)[C@@]3(C)CC5)[C@H](O[C@@H]3O[C@H](CO[C@@H]4OC[C@@H](O)[C@H](O)[C@H]4O[C@@H]4O[C@H](CO)[C@@H](O)[C@H](O)[C@H]4O)[C@@H](O)[C@H](O)[C@H]3NC(C)=O)[C@H]2O)O[C@H](CO)[C@H](O)[C@@H]1O. The van der Waals surface area contributed by atoms with Crippen LogP contribution in [0.2, 0.25) is 0 Å². The molecule has 0 radical (unpaired) electrons. The zero-order valence-electron chi connectivity index (χ0n) is 51.8. The third-order valence-corrected chi connectivity index (χ3v) is 21.2. The maximum Gasteiger partial charge on any atom is 0.217 e. The van der Waals surface area contributed by atoms with E-state index in [1.165, 1.54) is 12.5 Å². The average Bonchev–Trinajstić information content (AvgIpc) is 1.19. The van der Waals surface area contributed by atoms with E-state index in [0.717, 1.165) is 57.4 Å². The topological polar surface area (TPSA) is 410 Å². The highest BCUT2D eigenvalue weighted by Gasteiger charge is 2.62. The Labute approximate surface area is 512 Å². The fraction of sp³-hybridized carbons (Fsp3) is 0.885. The number of allylic oxidation sites excluding steroid dienone is 4. The van der Waals surface area contributed by atoms with Gasteiger partial charge in [0.1, 0.15) is 110 Å². The third kappa shape index (κ3) is 13.8. The molecule has 9 aliphatic rings. The van der Waals surface area contributed by atoms with Gasteiger partial charge in [-0.2, -0.15) is 0 Å². The summed E-state index contributed by atoms with van der Waals surface area (Å²) in [4.78, 5) is 38.4. The van der Waals surface area contributed by atoms with Crippen molar-refractivity contribution in [2.75, 3.05) is 33.0 Å². The normalized spacial score (nSPS) is 47.2. The van der Waals surface area contributed by atoms with Crippen molar-refractivity contribution in [1.82, 2.24) is 10.6 Å². The van der Waals surface area contributed by atoms with Gasteiger partial charge in [0.25, 0.3) is 0 Å². The molecule has 0 aromatic carbocycles. The first kappa shape index (κ1) is 69.5. The number of ketones is 1. The summed E-state index contributed by atoms with van der Waals surface area (Å²) in [6, 6.07) is -3.00. The molecule has 27 nitrogen and oxygen atoms in total. The van der Waals surface area contributed by atoms with Crippen LogP contribution in [0.5, 0.6) is 0 Å². The Hall–Kier alpha value is -2.79. The van der Waals surface area contributed by atoms with Crippen molar-refractivity contribution in [3.05, 3.63) is 22.8 Å². The van der Waals surface area contributed by atoms with Gasteiger partial charge in [-0.1, -0.05) is 51.3 Å². The third-order valence-electron chi connectivity index (χ3n) is 21.2. The van der Waals surface area contributed by atoms with Gasteiger partial charge in [-0.25, -0.2) is 0 Å². The largest absolute Gasteiger partial charge is 0.394 e. The molecule has 5 heterocycles. The Morgan fingerprint density at radius 3 is 1.80 bits per heavy atom. The second kappa shape index (κ2) is 28.0. The fourth-order valence-electron chi connectivity index (χ4n) is 16.7. The van der Waals surface area contributed by atoms with Crippen LogP contribution in [0.4, 0.5) is 0 Å². The van der Waals surface area contributed by atoms with E-state index in [9.17, 15) is 75.7 Å². The molecule has 5 saturated heterocycles. The maximum atomic E-state index is 13.0. The molecule has 2 unspecified atom stereocenters. The van der Waals surface area contributed by atoms with E-state index < -0.39 is 198 Å². The zero-order valence-corrected chi connectivity index (χ0v) is 51.8. The van der Waals surface area contributed by atoms with E-state index in [0.29, 0.717) is 24.7 Å². The van der Waals surface area contributed by atoms with Crippen LogP contribution in [0.15, 0.2) is 22.8 Å². The summed E-state index contributed by atoms with van der Waals surface area (Å²) < 4.78 is 61.7. The Morgan fingerprint density at radius 1 is 0.602 bits per heavy atom. The van der Waals surface area contributed by atoms with Crippen LogP contribution in [0.1, 0.15) is 120 Å². The lowest BCUT2D eigenvalue weighted by molar-refractivity contribution is -0.375. The Bertz CT molecular complexity index is 2480. The van der Waals surface area contributed by atoms with Crippen LogP contribution in [-0.2, 0) is 61.8 Å². The first-order valence-corrected chi connectivity index (χ1v) is 31.3. The minimum Gasteiger partial charge on any atom is -0.394 e. The van der Waals surface area contributed by atoms with E-state index >= 15 is 0 Å². The number of fused-ring (bicyclic) bond motifs is 4. The number of hydrogen-bond donors (Lipinski definition) is 14. The Balaban J connectivity index is 0.974. The minimum atomic E-state index is -1.93. The highest BCUT2D eigenvalue weighted by Crippen LogP contribution is 2.68. The lowest BCUT2D eigenvalue weighted by atomic mass is 9.45. The lowest BCUT2D eigenvalue weighted by Gasteiger charge is -2.61. The summed E-state index contributed by atoms with van der Waals surface area (Å²) in [6.45, 7) is 14.4. The van der Waals surface area contributed by atoms with Gasteiger partial charge >= 0.3 is 0 Å². The summed E-state index contributed by atoms with van der Waals surface area (Å²) in [7, 11) is 0. The van der Waals surface area contributed by atoms with Gasteiger partial charge in [-0.3, -0.25) is 14.4 Å². The van der Waals surface area contributed by atoms with Crippen LogP contribution in [0, 0.1) is 39.9 Å². The number of nitrogens with one attached hydrogen (secondary N) is 2. The molecule has 0 spiro atoms. The summed E-state index contributed by atoms with van der Waals surface area (Å²) in [6.07, 6.45) is -26.4. The first-order valence-electron chi connectivity index (χ1n) is 31.3. The predicted octanol–water partition coefficient (Wildman–Crippen LogP) is -2.05. The predicted molar refractivity (Wildman–Crippen MR) is 303 cm³/mol. The number of carbonyl (C=O) groups excluding carboxylic acids is 3. The van der Waals surface area contributed by atoms with Gasteiger partial charge < -0.3 is 119 Å². The van der Waals surface area contributed by atoms with Gasteiger partial charge in [-0.05, 0) is 111 Å². The zero-order chi connectivity index (χ0) is 64.2. The number of aliphatic hydroxyl groups excluding tert-OH is 12. The molecule has 30 atom stereocenters. The summed E-state index contributed by atoms with van der Waals surface area (Å²) in [5.41, 5.74) is 3.46. The first-order chi connectivity index (χ1) is 41.4. The van der Waals surface area contributed by atoms with Crippen LogP contribution >= 0.6 is 0 Å². The molecule has 2 saturated carbocycles. The van der Waals surface area contributed by atoms with Crippen molar-refractivity contribution in [3.8, 4) is 0 Å². The van der Waals surface area contributed by atoms with Crippen molar-refractivity contribution in [3.63, 3.8) is 0 Å². The van der Waals surface area contributed by atoms with E-state index in [2.05, 4.69) is 45.3 Å². The molecule has 5 aliphatic heterocycles. The molecule has 9 rings (SSSR count). The molecular formula is C61H98N2O25. The second-order valence-corrected chi connectivity index (χ2v) is 27.7. The van der Waals surface area contributed by atoms with Crippen molar-refractivity contribution in [2.24, 2.45) is 39.9 Å². The molecular weight excluding hydrogens is 1160 g/mol. The van der Waals surface area contributed by atoms with E-state index in [4.69, 9.17) is 47.4 Å². The van der Waals surface area contributed by atoms with Crippen molar-refractivity contribution < 1.29 is 123 Å². The molecule has 502 valence electrons. The van der Waals surface area contributed by atoms with E-state index in [1.54, 1.807) is 11.6 Å². The Kier molecular flexibility index (Phi) is 22.2. The van der Waals surface area contributed by atoms with Crippen molar-refractivity contribution in [2.45, 2.75) is 267 Å². The second-order valence-electron chi connectivity index (χ2n) is 27.7. The van der Waals surface area contributed by atoms with Gasteiger partial charge in [0.15, 0.2) is 37.2 Å².